The summed E-state index contributed by atoms with van der Waals surface area (Å²) in [6.07, 6.45) is 7.44. The van der Waals surface area contributed by atoms with E-state index < -0.39 is 0 Å². The zero-order valence-electron chi connectivity index (χ0n) is 14.8. The van der Waals surface area contributed by atoms with Gasteiger partial charge in [0, 0.05) is 22.4 Å². The first-order valence-corrected chi connectivity index (χ1v) is 8.87. The molecule has 4 rings (SSSR count). The van der Waals surface area contributed by atoms with Crippen LogP contribution in [0.5, 0.6) is 0 Å². The summed E-state index contributed by atoms with van der Waals surface area (Å²) >= 11 is 0. The molecule has 1 aliphatic carbocycles. The summed E-state index contributed by atoms with van der Waals surface area (Å²) in [6.45, 7) is 0.543. The zero-order valence-corrected chi connectivity index (χ0v) is 14.8. The van der Waals surface area contributed by atoms with Crippen molar-refractivity contribution in [1.29, 1.82) is 0 Å². The quantitative estimate of drug-likeness (QED) is 0.623. The number of hydrogen-bond donors (Lipinski definition) is 1. The molecular weight excluding hydrogens is 334 g/mol. The smallest absolute Gasteiger partial charge is 0.193 e. The molecule has 0 amide bonds. The third kappa shape index (κ3) is 3.67. The lowest BCUT2D eigenvalue weighted by Gasteiger charge is -2.15. The van der Waals surface area contributed by atoms with Crippen LogP contribution in [0.4, 0.5) is 0 Å². The van der Waals surface area contributed by atoms with Crippen molar-refractivity contribution in [3.63, 3.8) is 0 Å². The molecule has 2 aromatic carbocycles. The Kier molecular flexibility index (Phi) is 4.84. The molecule has 1 heterocycles. The van der Waals surface area contributed by atoms with E-state index in [2.05, 4.69) is 5.32 Å². The highest BCUT2D eigenvalue weighted by Gasteiger charge is 2.21. The van der Waals surface area contributed by atoms with E-state index in [4.69, 9.17) is 4.42 Å². The second kappa shape index (κ2) is 7.75. The summed E-state index contributed by atoms with van der Waals surface area (Å²) in [5.41, 5.74) is 4.20. The van der Waals surface area contributed by atoms with Crippen LogP contribution in [0.2, 0.25) is 0 Å². The van der Waals surface area contributed by atoms with Crippen LogP contribution in [0.3, 0.4) is 0 Å². The number of allylic oxidation sites excluding steroid dienone is 5. The van der Waals surface area contributed by atoms with Crippen molar-refractivity contribution >= 4 is 11.5 Å². The van der Waals surface area contributed by atoms with Crippen molar-refractivity contribution in [2.24, 2.45) is 0 Å². The Morgan fingerprint density at radius 2 is 1.56 bits per heavy atom. The lowest BCUT2D eigenvalue weighted by Crippen LogP contribution is -2.15. The summed E-state index contributed by atoms with van der Waals surface area (Å²) in [6, 6.07) is 23.2. The predicted octanol–water partition coefficient (Wildman–Crippen LogP) is 5.16. The van der Waals surface area contributed by atoms with Gasteiger partial charge in [0.05, 0.1) is 12.8 Å². The number of benzene rings is 2. The largest absolute Gasteiger partial charge is 0.467 e. The molecule has 0 saturated carbocycles. The Balaban J connectivity index is 1.72. The molecule has 0 bridgehead atoms. The molecule has 0 atom stereocenters. The van der Waals surface area contributed by atoms with Crippen LogP contribution in [0.15, 0.2) is 113 Å². The Morgan fingerprint density at radius 3 is 2.22 bits per heavy atom. The predicted molar refractivity (Wildman–Crippen MR) is 107 cm³/mol. The van der Waals surface area contributed by atoms with E-state index in [0.717, 1.165) is 22.6 Å². The molecule has 0 saturated heterocycles. The van der Waals surface area contributed by atoms with E-state index in [0.29, 0.717) is 17.7 Å². The molecule has 132 valence electrons. The van der Waals surface area contributed by atoms with Crippen LogP contribution in [0.25, 0.3) is 5.70 Å². The summed E-state index contributed by atoms with van der Waals surface area (Å²) < 4.78 is 5.44. The SMILES string of the molecule is O=C(C1=CC=CC1=C(NCc1ccco1)c1ccccc1)c1ccccc1. The topological polar surface area (TPSA) is 42.2 Å². The number of ketones is 1. The average molecular weight is 353 g/mol. The molecule has 0 radical (unpaired) electrons. The van der Waals surface area contributed by atoms with Gasteiger partial charge in [0.2, 0.25) is 0 Å². The average Bonchev–Trinajstić information content (AvgIpc) is 3.41. The van der Waals surface area contributed by atoms with Gasteiger partial charge in [-0.3, -0.25) is 4.79 Å². The zero-order chi connectivity index (χ0) is 18.5. The van der Waals surface area contributed by atoms with E-state index in [1.165, 1.54) is 0 Å². The van der Waals surface area contributed by atoms with E-state index in [9.17, 15) is 4.79 Å². The summed E-state index contributed by atoms with van der Waals surface area (Å²) in [5.74, 6) is 0.856. The molecular formula is C24H19NO2. The fourth-order valence-corrected chi connectivity index (χ4v) is 3.13. The Hall–Kier alpha value is -3.59. The van der Waals surface area contributed by atoms with Gasteiger partial charge in [-0.2, -0.15) is 0 Å². The Morgan fingerprint density at radius 1 is 0.852 bits per heavy atom. The van der Waals surface area contributed by atoms with Crippen LogP contribution in [-0.4, -0.2) is 5.78 Å². The second-order valence-corrected chi connectivity index (χ2v) is 6.22. The van der Waals surface area contributed by atoms with E-state index in [-0.39, 0.29) is 5.78 Å². The maximum Gasteiger partial charge on any atom is 0.193 e. The minimum absolute atomic E-state index is 0.0174. The normalized spacial score (nSPS) is 14.7. The number of rotatable bonds is 6. The third-order valence-corrected chi connectivity index (χ3v) is 4.45. The molecule has 1 aliphatic rings. The Bertz CT molecular complexity index is 1010. The molecule has 3 aromatic rings. The third-order valence-electron chi connectivity index (χ3n) is 4.45. The van der Waals surface area contributed by atoms with Crippen LogP contribution in [0.1, 0.15) is 21.7 Å². The van der Waals surface area contributed by atoms with Gasteiger partial charge in [0.15, 0.2) is 5.78 Å². The fraction of sp³-hybridized carbons (Fsp3) is 0.0417. The summed E-state index contributed by atoms with van der Waals surface area (Å²) in [4.78, 5) is 13.0. The Labute approximate surface area is 158 Å². The molecule has 27 heavy (non-hydrogen) atoms. The maximum atomic E-state index is 13.0. The van der Waals surface area contributed by atoms with Crippen LogP contribution >= 0.6 is 0 Å². The van der Waals surface area contributed by atoms with Gasteiger partial charge in [-0.1, -0.05) is 78.9 Å². The van der Waals surface area contributed by atoms with Crippen molar-refractivity contribution in [1.82, 2.24) is 5.32 Å². The first-order chi connectivity index (χ1) is 13.3. The first-order valence-electron chi connectivity index (χ1n) is 8.87. The molecule has 0 unspecified atom stereocenters. The number of carbonyl (C=O) groups is 1. The lowest BCUT2D eigenvalue weighted by atomic mass is 9.95. The van der Waals surface area contributed by atoms with Crippen molar-refractivity contribution < 1.29 is 9.21 Å². The van der Waals surface area contributed by atoms with Gasteiger partial charge in [-0.25, -0.2) is 0 Å². The molecule has 0 spiro atoms. The maximum absolute atomic E-state index is 13.0. The number of carbonyl (C=O) groups excluding carboxylic acids is 1. The molecule has 1 N–H and O–H groups in total. The number of hydrogen-bond acceptors (Lipinski definition) is 3. The van der Waals surface area contributed by atoms with Gasteiger partial charge in [-0.15, -0.1) is 0 Å². The van der Waals surface area contributed by atoms with Crippen LogP contribution in [0, 0.1) is 0 Å². The van der Waals surface area contributed by atoms with E-state index in [1.807, 2.05) is 91.0 Å². The lowest BCUT2D eigenvalue weighted by molar-refractivity contribution is 0.103. The highest BCUT2D eigenvalue weighted by atomic mass is 16.3. The molecule has 1 aromatic heterocycles. The van der Waals surface area contributed by atoms with E-state index >= 15 is 0 Å². The van der Waals surface area contributed by atoms with Crippen molar-refractivity contribution in [3.05, 3.63) is 125 Å². The minimum Gasteiger partial charge on any atom is -0.467 e. The van der Waals surface area contributed by atoms with Gasteiger partial charge in [0.1, 0.15) is 5.76 Å². The van der Waals surface area contributed by atoms with Gasteiger partial charge >= 0.3 is 0 Å². The number of furan rings is 1. The van der Waals surface area contributed by atoms with Crippen molar-refractivity contribution in [2.45, 2.75) is 6.54 Å². The van der Waals surface area contributed by atoms with Crippen molar-refractivity contribution in [3.8, 4) is 0 Å². The molecule has 0 fully saturated rings. The molecule has 3 nitrogen and oxygen atoms in total. The molecule has 3 heteroatoms. The fourth-order valence-electron chi connectivity index (χ4n) is 3.13. The highest BCUT2D eigenvalue weighted by Crippen LogP contribution is 2.29. The van der Waals surface area contributed by atoms with Crippen molar-refractivity contribution in [2.75, 3.05) is 0 Å². The highest BCUT2D eigenvalue weighted by molar-refractivity contribution is 6.14. The first kappa shape index (κ1) is 16.9. The standard InChI is InChI=1S/C24H19NO2/c26-24(19-11-5-2-6-12-19)22-15-7-14-21(22)23(18-9-3-1-4-10-18)25-17-20-13-8-16-27-20/h1-16,25H,17H2. The van der Waals surface area contributed by atoms with E-state index in [1.54, 1.807) is 6.26 Å². The summed E-state index contributed by atoms with van der Waals surface area (Å²) in [5, 5.41) is 3.46. The number of nitrogens with one attached hydrogen (secondary N) is 1. The summed E-state index contributed by atoms with van der Waals surface area (Å²) in [7, 11) is 0. The van der Waals surface area contributed by atoms with Crippen LogP contribution < -0.4 is 5.32 Å². The molecule has 0 aliphatic heterocycles. The second-order valence-electron chi connectivity index (χ2n) is 6.22. The van der Waals surface area contributed by atoms with Gasteiger partial charge in [0.25, 0.3) is 0 Å². The van der Waals surface area contributed by atoms with Gasteiger partial charge < -0.3 is 9.73 Å². The minimum atomic E-state index is 0.0174. The number of Topliss-reactive ketones (excluding diaryl/α,β-unsaturated/α-hetero) is 1. The van der Waals surface area contributed by atoms with Crippen LogP contribution in [-0.2, 0) is 6.54 Å². The monoisotopic (exact) mass is 353 g/mol. The van der Waals surface area contributed by atoms with Gasteiger partial charge in [-0.05, 0) is 17.7 Å².